The number of hydrogen-bond donors (Lipinski definition) is 0. The third-order valence-electron chi connectivity index (χ3n) is 1.53. The summed E-state index contributed by atoms with van der Waals surface area (Å²) >= 11 is 0. The van der Waals surface area contributed by atoms with E-state index in [-0.39, 0.29) is 0 Å². The molecule has 1 saturated heterocycles. The van der Waals surface area contributed by atoms with E-state index in [9.17, 15) is 0 Å². The van der Waals surface area contributed by atoms with Gasteiger partial charge in [-0.25, -0.2) is 0 Å². The maximum absolute atomic E-state index is 5.06. The average Bonchev–Trinajstić information content (AvgIpc) is 2.48. The van der Waals surface area contributed by atoms with Crippen LogP contribution < -0.4 is 0 Å². The molecule has 0 saturated carbocycles. The van der Waals surface area contributed by atoms with Gasteiger partial charge in [-0.1, -0.05) is 5.57 Å². The van der Waals surface area contributed by atoms with Crippen LogP contribution in [0.15, 0.2) is 12.2 Å². The summed E-state index contributed by atoms with van der Waals surface area (Å²) in [6, 6.07) is 0. The summed E-state index contributed by atoms with van der Waals surface area (Å²) in [5, 5.41) is 0. The van der Waals surface area contributed by atoms with Crippen LogP contribution in [-0.2, 0) is 4.74 Å². The van der Waals surface area contributed by atoms with E-state index in [1.54, 1.807) is 0 Å². The molecular weight excluding hydrogens is 112 g/mol. The van der Waals surface area contributed by atoms with Crippen LogP contribution in [0.3, 0.4) is 0 Å². The molecule has 1 heterocycles. The van der Waals surface area contributed by atoms with E-state index in [2.05, 4.69) is 13.5 Å². The quantitative estimate of drug-likeness (QED) is 0.415. The van der Waals surface area contributed by atoms with E-state index in [4.69, 9.17) is 4.74 Å². The first-order valence-electron chi connectivity index (χ1n) is 3.55. The smallest absolute Gasteiger partial charge is 0.0810 e. The van der Waals surface area contributed by atoms with Gasteiger partial charge < -0.3 is 4.74 Å². The van der Waals surface area contributed by atoms with Gasteiger partial charge >= 0.3 is 0 Å². The summed E-state index contributed by atoms with van der Waals surface area (Å²) in [6.07, 6.45) is 4.25. The van der Waals surface area contributed by atoms with Crippen molar-refractivity contribution in [1.82, 2.24) is 0 Å². The van der Waals surface area contributed by atoms with Gasteiger partial charge in [0.2, 0.25) is 0 Å². The molecule has 0 aliphatic carbocycles. The SMILES string of the molecule is C=C(C)CCCC1CO1. The topological polar surface area (TPSA) is 12.5 Å². The highest BCUT2D eigenvalue weighted by Gasteiger charge is 2.20. The second-order valence-electron chi connectivity index (χ2n) is 2.80. The molecule has 1 nitrogen and oxygen atoms in total. The average molecular weight is 126 g/mol. The van der Waals surface area contributed by atoms with Crippen LogP contribution in [0.2, 0.25) is 0 Å². The summed E-state index contributed by atoms with van der Waals surface area (Å²) < 4.78 is 5.06. The fourth-order valence-corrected chi connectivity index (χ4v) is 0.866. The fraction of sp³-hybridized carbons (Fsp3) is 0.750. The van der Waals surface area contributed by atoms with Crippen LogP contribution in [0.5, 0.6) is 0 Å². The zero-order chi connectivity index (χ0) is 6.69. The molecule has 0 amide bonds. The predicted molar refractivity (Wildman–Crippen MR) is 38.4 cm³/mol. The summed E-state index contributed by atoms with van der Waals surface area (Å²) in [7, 11) is 0. The molecule has 1 heteroatoms. The molecule has 0 bridgehead atoms. The maximum Gasteiger partial charge on any atom is 0.0810 e. The van der Waals surface area contributed by atoms with Crippen LogP contribution in [0.1, 0.15) is 26.2 Å². The first kappa shape index (κ1) is 6.81. The van der Waals surface area contributed by atoms with Crippen molar-refractivity contribution in [3.63, 3.8) is 0 Å². The van der Waals surface area contributed by atoms with E-state index < -0.39 is 0 Å². The summed E-state index contributed by atoms with van der Waals surface area (Å²) in [4.78, 5) is 0. The van der Waals surface area contributed by atoms with Gasteiger partial charge in [-0.3, -0.25) is 0 Å². The van der Waals surface area contributed by atoms with Crippen molar-refractivity contribution in [2.24, 2.45) is 0 Å². The van der Waals surface area contributed by atoms with Gasteiger partial charge in [0.15, 0.2) is 0 Å². The molecule has 1 aliphatic heterocycles. The van der Waals surface area contributed by atoms with E-state index in [0.717, 1.165) is 6.61 Å². The van der Waals surface area contributed by atoms with Crippen molar-refractivity contribution in [2.45, 2.75) is 32.3 Å². The molecule has 52 valence electrons. The molecule has 0 spiro atoms. The van der Waals surface area contributed by atoms with Gasteiger partial charge in [0.25, 0.3) is 0 Å². The second-order valence-corrected chi connectivity index (χ2v) is 2.80. The highest BCUT2D eigenvalue weighted by Crippen LogP contribution is 2.17. The molecule has 0 aromatic heterocycles. The monoisotopic (exact) mass is 126 g/mol. The van der Waals surface area contributed by atoms with Gasteiger partial charge in [-0.05, 0) is 26.2 Å². The van der Waals surface area contributed by atoms with Crippen LogP contribution in [-0.4, -0.2) is 12.7 Å². The van der Waals surface area contributed by atoms with Crippen LogP contribution in [0, 0.1) is 0 Å². The van der Waals surface area contributed by atoms with Crippen molar-refractivity contribution in [1.29, 1.82) is 0 Å². The van der Waals surface area contributed by atoms with Crippen molar-refractivity contribution in [3.8, 4) is 0 Å². The summed E-state index contributed by atoms with van der Waals surface area (Å²) in [5.41, 5.74) is 1.29. The Morgan fingerprint density at radius 3 is 2.89 bits per heavy atom. The van der Waals surface area contributed by atoms with Gasteiger partial charge in [0, 0.05) is 0 Å². The normalized spacial score (nSPS) is 23.9. The Morgan fingerprint density at radius 2 is 2.44 bits per heavy atom. The number of epoxide rings is 1. The Morgan fingerprint density at radius 1 is 1.78 bits per heavy atom. The minimum Gasteiger partial charge on any atom is -0.373 e. The molecule has 0 aromatic rings. The first-order chi connectivity index (χ1) is 4.29. The molecule has 1 aliphatic rings. The molecule has 1 fully saturated rings. The van der Waals surface area contributed by atoms with Gasteiger partial charge in [-0.2, -0.15) is 0 Å². The standard InChI is InChI=1S/C8H14O/c1-7(2)4-3-5-8-6-9-8/h8H,1,3-6H2,2H3. The first-order valence-corrected chi connectivity index (χ1v) is 3.55. The lowest BCUT2D eigenvalue weighted by Crippen LogP contribution is -1.84. The summed E-state index contributed by atoms with van der Waals surface area (Å²) in [5.74, 6) is 0. The Hall–Kier alpha value is -0.300. The molecule has 1 atom stereocenters. The van der Waals surface area contributed by atoms with Gasteiger partial charge in [-0.15, -0.1) is 6.58 Å². The molecule has 0 radical (unpaired) electrons. The van der Waals surface area contributed by atoms with Crippen molar-refractivity contribution in [3.05, 3.63) is 12.2 Å². The number of ether oxygens (including phenoxy) is 1. The minimum atomic E-state index is 0.601. The Balaban J connectivity index is 1.86. The number of rotatable bonds is 4. The highest BCUT2D eigenvalue weighted by atomic mass is 16.6. The predicted octanol–water partition coefficient (Wildman–Crippen LogP) is 2.13. The maximum atomic E-state index is 5.06. The largest absolute Gasteiger partial charge is 0.373 e. The Labute approximate surface area is 56.7 Å². The summed E-state index contributed by atoms with van der Waals surface area (Å²) in [6.45, 7) is 6.90. The minimum absolute atomic E-state index is 0.601. The van der Waals surface area contributed by atoms with E-state index >= 15 is 0 Å². The molecule has 0 aromatic carbocycles. The fourth-order valence-electron chi connectivity index (χ4n) is 0.866. The number of hydrogen-bond acceptors (Lipinski definition) is 1. The molecular formula is C8H14O. The van der Waals surface area contributed by atoms with Crippen LogP contribution in [0.25, 0.3) is 0 Å². The third kappa shape index (κ3) is 3.31. The second kappa shape index (κ2) is 3.02. The molecule has 9 heavy (non-hydrogen) atoms. The lowest BCUT2D eigenvalue weighted by Gasteiger charge is -1.94. The Kier molecular flexibility index (Phi) is 2.29. The molecule has 0 N–H and O–H groups in total. The van der Waals surface area contributed by atoms with Crippen molar-refractivity contribution < 1.29 is 4.74 Å². The van der Waals surface area contributed by atoms with Crippen LogP contribution >= 0.6 is 0 Å². The van der Waals surface area contributed by atoms with E-state index in [0.29, 0.717) is 6.10 Å². The zero-order valence-electron chi connectivity index (χ0n) is 6.02. The lowest BCUT2D eigenvalue weighted by atomic mass is 10.1. The van der Waals surface area contributed by atoms with E-state index in [1.165, 1.54) is 24.8 Å². The molecule has 1 rings (SSSR count). The van der Waals surface area contributed by atoms with E-state index in [1.807, 2.05) is 0 Å². The van der Waals surface area contributed by atoms with Gasteiger partial charge in [0.1, 0.15) is 0 Å². The van der Waals surface area contributed by atoms with Crippen LogP contribution in [0.4, 0.5) is 0 Å². The zero-order valence-corrected chi connectivity index (χ0v) is 6.02. The van der Waals surface area contributed by atoms with Crippen molar-refractivity contribution >= 4 is 0 Å². The van der Waals surface area contributed by atoms with Gasteiger partial charge in [0.05, 0.1) is 12.7 Å². The number of allylic oxidation sites excluding steroid dienone is 1. The lowest BCUT2D eigenvalue weighted by molar-refractivity contribution is 0.392. The molecule has 1 unspecified atom stereocenters. The highest BCUT2D eigenvalue weighted by molar-refractivity contribution is 4.87. The third-order valence-corrected chi connectivity index (χ3v) is 1.53. The Bertz CT molecular complexity index is 103. The van der Waals surface area contributed by atoms with Crippen molar-refractivity contribution in [2.75, 3.05) is 6.61 Å².